The third-order valence-electron chi connectivity index (χ3n) is 5.21. The molecule has 2 aromatic carbocycles. The number of benzene rings is 2. The summed E-state index contributed by atoms with van der Waals surface area (Å²) in [7, 11) is 0. The van der Waals surface area contributed by atoms with E-state index in [1.165, 1.54) is 12.1 Å². The molecule has 1 aliphatic rings. The predicted octanol–water partition coefficient (Wildman–Crippen LogP) is 4.56. The van der Waals surface area contributed by atoms with E-state index in [0.29, 0.717) is 37.2 Å². The van der Waals surface area contributed by atoms with E-state index in [2.05, 4.69) is 10.3 Å². The highest BCUT2D eigenvalue weighted by atomic mass is 19.4. The van der Waals surface area contributed by atoms with Gasteiger partial charge >= 0.3 is 6.18 Å². The molecule has 2 heterocycles. The quantitative estimate of drug-likeness (QED) is 0.699. The number of fused-ring (bicyclic) bond motifs is 1. The Balaban J connectivity index is 1.45. The largest absolute Gasteiger partial charge is 0.416 e. The Kier molecular flexibility index (Phi) is 5.13. The van der Waals surface area contributed by atoms with E-state index in [1.807, 2.05) is 34.9 Å². The second kappa shape index (κ2) is 7.73. The van der Waals surface area contributed by atoms with Crippen molar-refractivity contribution in [3.05, 3.63) is 89.0 Å². The number of aryl methyl sites for hydroxylation is 1. The molecule has 4 rings (SSSR count). The second-order valence-corrected chi connectivity index (χ2v) is 7.22. The first-order valence-electron chi connectivity index (χ1n) is 9.45. The molecule has 3 aromatic rings. The van der Waals surface area contributed by atoms with Crippen LogP contribution < -0.4 is 5.32 Å². The summed E-state index contributed by atoms with van der Waals surface area (Å²) in [6.07, 6.45) is -1.35. The summed E-state index contributed by atoms with van der Waals surface area (Å²) < 4.78 is 40.9. The number of halogens is 3. The normalized spacial score (nSPS) is 16.3. The first kappa shape index (κ1) is 19.2. The molecular formula is C22H20F3N3O. The summed E-state index contributed by atoms with van der Waals surface area (Å²) in [5.74, 6) is 0.490. The van der Waals surface area contributed by atoms with Crippen molar-refractivity contribution in [2.75, 3.05) is 0 Å². The van der Waals surface area contributed by atoms with Gasteiger partial charge in [-0.3, -0.25) is 4.79 Å². The van der Waals surface area contributed by atoms with Crippen LogP contribution >= 0.6 is 0 Å². The Morgan fingerprint density at radius 1 is 1.14 bits per heavy atom. The highest BCUT2D eigenvalue weighted by Crippen LogP contribution is 2.34. The average molecular weight is 399 g/mol. The lowest BCUT2D eigenvalue weighted by molar-refractivity contribution is -0.137. The number of nitrogens with zero attached hydrogens (tertiary/aromatic N) is 2. The fraction of sp³-hybridized carbons (Fsp3) is 0.273. The number of rotatable bonds is 4. The van der Waals surface area contributed by atoms with Gasteiger partial charge in [0.1, 0.15) is 11.5 Å². The van der Waals surface area contributed by atoms with E-state index < -0.39 is 11.7 Å². The van der Waals surface area contributed by atoms with Crippen LogP contribution in [-0.4, -0.2) is 15.5 Å². The maximum Gasteiger partial charge on any atom is 0.416 e. The molecule has 0 fully saturated rings. The maximum atomic E-state index is 13.0. The van der Waals surface area contributed by atoms with E-state index in [0.717, 1.165) is 17.5 Å². The van der Waals surface area contributed by atoms with Crippen molar-refractivity contribution in [2.45, 2.75) is 38.0 Å². The monoisotopic (exact) mass is 399 g/mol. The topological polar surface area (TPSA) is 46.9 Å². The lowest BCUT2D eigenvalue weighted by atomic mass is 9.90. The van der Waals surface area contributed by atoms with Crippen LogP contribution in [0, 0.1) is 0 Å². The molecule has 4 nitrogen and oxygen atoms in total. The van der Waals surface area contributed by atoms with Crippen LogP contribution in [0.25, 0.3) is 0 Å². The lowest BCUT2D eigenvalue weighted by Gasteiger charge is -2.24. The molecule has 0 saturated carbocycles. The van der Waals surface area contributed by atoms with Gasteiger partial charge in [-0.15, -0.1) is 0 Å². The van der Waals surface area contributed by atoms with Crippen LogP contribution in [0.4, 0.5) is 13.2 Å². The summed E-state index contributed by atoms with van der Waals surface area (Å²) in [6, 6.07) is 15.1. The Morgan fingerprint density at radius 2 is 1.93 bits per heavy atom. The molecule has 1 aliphatic heterocycles. The van der Waals surface area contributed by atoms with Gasteiger partial charge in [0.25, 0.3) is 5.91 Å². The molecule has 0 bridgehead atoms. The Morgan fingerprint density at radius 3 is 2.69 bits per heavy atom. The maximum absolute atomic E-state index is 13.0. The molecule has 0 unspecified atom stereocenters. The molecule has 1 atom stereocenters. The minimum Gasteiger partial charge on any atom is -0.347 e. The lowest BCUT2D eigenvalue weighted by Crippen LogP contribution is -2.23. The van der Waals surface area contributed by atoms with Gasteiger partial charge in [0.05, 0.1) is 5.56 Å². The molecule has 7 heteroatoms. The Bertz CT molecular complexity index is 1010. The van der Waals surface area contributed by atoms with E-state index >= 15 is 0 Å². The molecule has 150 valence electrons. The van der Waals surface area contributed by atoms with Crippen molar-refractivity contribution in [3.63, 3.8) is 0 Å². The first-order chi connectivity index (χ1) is 13.9. The number of amides is 1. The number of hydrogen-bond acceptors (Lipinski definition) is 2. The van der Waals surface area contributed by atoms with Crippen LogP contribution in [0.2, 0.25) is 0 Å². The van der Waals surface area contributed by atoms with Crippen LogP contribution in [0.3, 0.4) is 0 Å². The fourth-order valence-corrected chi connectivity index (χ4v) is 3.66. The van der Waals surface area contributed by atoms with E-state index in [9.17, 15) is 18.0 Å². The van der Waals surface area contributed by atoms with Gasteiger partial charge in [-0.1, -0.05) is 48.5 Å². The zero-order valence-corrected chi connectivity index (χ0v) is 15.6. The number of carbonyl (C=O) groups excluding carboxylic acids is 1. The van der Waals surface area contributed by atoms with Crippen LogP contribution in [0.1, 0.15) is 45.3 Å². The summed E-state index contributed by atoms with van der Waals surface area (Å²) in [4.78, 5) is 16.8. The van der Waals surface area contributed by atoms with Gasteiger partial charge in [-0.25, -0.2) is 4.98 Å². The van der Waals surface area contributed by atoms with Crippen LogP contribution in [-0.2, 0) is 25.7 Å². The van der Waals surface area contributed by atoms with Gasteiger partial charge in [0, 0.05) is 31.6 Å². The fourth-order valence-electron chi connectivity index (χ4n) is 3.66. The zero-order valence-electron chi connectivity index (χ0n) is 15.6. The SMILES string of the molecule is O=C(NCc1ccccc1)c1cn2c(n1)CC[C@@H](c1cccc(C(F)(F)F)c1)C2. The molecule has 0 saturated heterocycles. The average Bonchev–Trinajstić information content (AvgIpc) is 3.16. The van der Waals surface area contributed by atoms with Crippen molar-refractivity contribution in [1.82, 2.24) is 14.9 Å². The van der Waals surface area contributed by atoms with Gasteiger partial charge in [0.15, 0.2) is 0 Å². The second-order valence-electron chi connectivity index (χ2n) is 7.22. The van der Waals surface area contributed by atoms with Crippen LogP contribution in [0.5, 0.6) is 0 Å². The highest BCUT2D eigenvalue weighted by molar-refractivity contribution is 5.92. The van der Waals surface area contributed by atoms with Gasteiger partial charge in [-0.05, 0) is 23.6 Å². The number of imidazole rings is 1. The minimum absolute atomic E-state index is 0.0424. The number of carbonyl (C=O) groups is 1. The molecule has 29 heavy (non-hydrogen) atoms. The van der Waals surface area contributed by atoms with Gasteiger partial charge in [0.2, 0.25) is 0 Å². The number of nitrogens with one attached hydrogen (secondary N) is 1. The highest BCUT2D eigenvalue weighted by Gasteiger charge is 2.31. The van der Waals surface area contributed by atoms with Crippen molar-refractivity contribution in [2.24, 2.45) is 0 Å². The van der Waals surface area contributed by atoms with Gasteiger partial charge in [-0.2, -0.15) is 13.2 Å². The Labute approximate surface area is 166 Å². The number of hydrogen-bond donors (Lipinski definition) is 1. The Hall–Kier alpha value is -3.09. The zero-order chi connectivity index (χ0) is 20.4. The summed E-state index contributed by atoms with van der Waals surface area (Å²) in [5.41, 5.74) is 1.36. The molecule has 1 N–H and O–H groups in total. The summed E-state index contributed by atoms with van der Waals surface area (Å²) in [6.45, 7) is 0.921. The predicted molar refractivity (Wildman–Crippen MR) is 102 cm³/mol. The first-order valence-corrected chi connectivity index (χ1v) is 9.45. The van der Waals surface area contributed by atoms with Crippen molar-refractivity contribution >= 4 is 5.91 Å². The van der Waals surface area contributed by atoms with Crippen molar-refractivity contribution < 1.29 is 18.0 Å². The number of alkyl halides is 3. The smallest absolute Gasteiger partial charge is 0.347 e. The standard InChI is InChI=1S/C22H20F3N3O/c23-22(24,25)18-8-4-7-16(11-18)17-9-10-20-27-19(14-28(20)13-17)21(29)26-12-15-5-2-1-3-6-15/h1-8,11,14,17H,9-10,12-13H2,(H,26,29)/t17-/m1/s1. The van der Waals surface area contributed by atoms with E-state index in [-0.39, 0.29) is 11.8 Å². The summed E-state index contributed by atoms with van der Waals surface area (Å²) >= 11 is 0. The number of aromatic nitrogens is 2. The molecule has 0 spiro atoms. The molecule has 1 aromatic heterocycles. The third kappa shape index (κ3) is 4.34. The third-order valence-corrected chi connectivity index (χ3v) is 5.21. The van der Waals surface area contributed by atoms with Crippen molar-refractivity contribution in [1.29, 1.82) is 0 Å². The molecule has 0 aliphatic carbocycles. The molecule has 1 amide bonds. The van der Waals surface area contributed by atoms with E-state index in [1.54, 1.807) is 12.3 Å². The van der Waals surface area contributed by atoms with Crippen molar-refractivity contribution in [3.8, 4) is 0 Å². The van der Waals surface area contributed by atoms with E-state index in [4.69, 9.17) is 0 Å². The molecular weight excluding hydrogens is 379 g/mol. The molecule has 0 radical (unpaired) electrons. The minimum atomic E-state index is -4.35. The van der Waals surface area contributed by atoms with Crippen LogP contribution in [0.15, 0.2) is 60.8 Å². The van der Waals surface area contributed by atoms with Gasteiger partial charge < -0.3 is 9.88 Å². The summed E-state index contributed by atoms with van der Waals surface area (Å²) in [5, 5.41) is 2.85.